The first-order valence-corrected chi connectivity index (χ1v) is 7.95. The molecule has 0 fully saturated rings. The summed E-state index contributed by atoms with van der Waals surface area (Å²) in [4.78, 5) is 13.7. The quantitative estimate of drug-likeness (QED) is 0.666. The molecule has 0 amide bonds. The average molecular weight is 331 g/mol. The summed E-state index contributed by atoms with van der Waals surface area (Å²) in [6, 6.07) is 2.93. The van der Waals surface area contributed by atoms with Crippen LogP contribution < -0.4 is 4.72 Å². The highest BCUT2D eigenvalue weighted by Crippen LogP contribution is 2.26. The molecule has 0 saturated heterocycles. The van der Waals surface area contributed by atoms with Gasteiger partial charge >= 0.3 is 5.69 Å². The fraction of sp³-hybridized carbons (Fsp3) is 0.182. The maximum absolute atomic E-state index is 13.5. The van der Waals surface area contributed by atoms with Crippen molar-refractivity contribution in [1.29, 1.82) is 0 Å². The van der Waals surface area contributed by atoms with E-state index in [1.165, 1.54) is 17.5 Å². The summed E-state index contributed by atoms with van der Waals surface area (Å²) in [7, 11) is -4.20. The Kier molecular flexibility index (Phi) is 4.30. The zero-order valence-electron chi connectivity index (χ0n) is 10.7. The zero-order valence-corrected chi connectivity index (χ0v) is 12.4. The number of sulfonamides is 1. The molecule has 10 heteroatoms. The molecule has 1 N–H and O–H groups in total. The molecule has 0 radical (unpaired) electrons. The van der Waals surface area contributed by atoms with Gasteiger partial charge in [-0.15, -0.1) is 11.3 Å². The van der Waals surface area contributed by atoms with Crippen LogP contribution in [0.15, 0.2) is 29.3 Å². The van der Waals surface area contributed by atoms with E-state index in [9.17, 15) is 22.9 Å². The van der Waals surface area contributed by atoms with E-state index >= 15 is 0 Å². The molecule has 0 aliphatic heterocycles. The molecule has 1 heterocycles. The number of aryl methyl sites for hydroxylation is 1. The SMILES string of the molecule is Cc1ncc(CNS(=O)(=O)c2cccc(F)c2[N+](=O)[O-])s1. The molecular formula is C11H10FN3O4S2. The second kappa shape index (κ2) is 5.84. The van der Waals surface area contributed by atoms with Crippen LogP contribution in [0, 0.1) is 22.9 Å². The second-order valence-electron chi connectivity index (χ2n) is 4.01. The molecule has 1 aromatic carbocycles. The van der Waals surface area contributed by atoms with Gasteiger partial charge in [-0.25, -0.2) is 18.1 Å². The van der Waals surface area contributed by atoms with E-state index in [1.807, 2.05) is 0 Å². The summed E-state index contributed by atoms with van der Waals surface area (Å²) >= 11 is 1.29. The maximum atomic E-state index is 13.5. The Morgan fingerprint density at radius 3 is 2.76 bits per heavy atom. The van der Waals surface area contributed by atoms with Gasteiger partial charge in [0.2, 0.25) is 15.8 Å². The number of para-hydroxylation sites is 1. The summed E-state index contributed by atoms with van der Waals surface area (Å²) in [5, 5.41) is 11.6. The normalized spacial score (nSPS) is 11.5. The molecule has 2 rings (SSSR count). The highest BCUT2D eigenvalue weighted by Gasteiger charge is 2.29. The number of halogens is 1. The van der Waals surface area contributed by atoms with Crippen LogP contribution in [0.25, 0.3) is 0 Å². The van der Waals surface area contributed by atoms with Crippen LogP contribution in [0.3, 0.4) is 0 Å². The first-order chi connectivity index (χ1) is 9.81. The Morgan fingerprint density at radius 1 is 1.48 bits per heavy atom. The molecule has 0 spiro atoms. The number of rotatable bonds is 5. The summed E-state index contributed by atoms with van der Waals surface area (Å²) < 4.78 is 39.8. The minimum atomic E-state index is -4.20. The third-order valence-electron chi connectivity index (χ3n) is 2.53. The van der Waals surface area contributed by atoms with Crippen LogP contribution in [0.1, 0.15) is 9.88 Å². The Morgan fingerprint density at radius 2 is 2.19 bits per heavy atom. The third-order valence-corrected chi connectivity index (χ3v) is 4.87. The number of nitrogens with zero attached hydrogens (tertiary/aromatic N) is 2. The Labute approximate surface area is 123 Å². The van der Waals surface area contributed by atoms with Crippen molar-refractivity contribution in [3.8, 4) is 0 Å². The molecule has 0 bridgehead atoms. The number of thiazole rings is 1. The summed E-state index contributed by atoms with van der Waals surface area (Å²) in [6.07, 6.45) is 1.50. The van der Waals surface area contributed by atoms with Crippen LogP contribution in [-0.2, 0) is 16.6 Å². The van der Waals surface area contributed by atoms with E-state index in [2.05, 4.69) is 9.71 Å². The molecule has 112 valence electrons. The molecule has 1 aromatic heterocycles. The van der Waals surface area contributed by atoms with Crippen molar-refractivity contribution in [2.24, 2.45) is 0 Å². The van der Waals surface area contributed by atoms with Crippen LogP contribution in [0.4, 0.5) is 10.1 Å². The highest BCUT2D eigenvalue weighted by molar-refractivity contribution is 7.89. The monoisotopic (exact) mass is 331 g/mol. The van der Waals surface area contributed by atoms with Crippen molar-refractivity contribution in [2.75, 3.05) is 0 Å². The van der Waals surface area contributed by atoms with E-state index in [1.54, 1.807) is 6.92 Å². The summed E-state index contributed by atoms with van der Waals surface area (Å²) in [5.41, 5.74) is -1.06. The highest BCUT2D eigenvalue weighted by atomic mass is 32.2. The van der Waals surface area contributed by atoms with Gasteiger partial charge in [0, 0.05) is 17.6 Å². The molecule has 0 aliphatic rings. The van der Waals surface area contributed by atoms with E-state index < -0.39 is 31.3 Å². The topological polar surface area (TPSA) is 102 Å². The molecule has 0 unspecified atom stereocenters. The first-order valence-electron chi connectivity index (χ1n) is 5.65. The lowest BCUT2D eigenvalue weighted by molar-refractivity contribution is -0.390. The largest absolute Gasteiger partial charge is 0.324 e. The lowest BCUT2D eigenvalue weighted by Gasteiger charge is -2.06. The molecular weight excluding hydrogens is 321 g/mol. The predicted octanol–water partition coefficient (Wildman–Crippen LogP) is 1.98. The fourth-order valence-corrected chi connectivity index (χ4v) is 3.63. The molecule has 0 aliphatic carbocycles. The Balaban J connectivity index is 2.32. The maximum Gasteiger partial charge on any atom is 0.324 e. The van der Waals surface area contributed by atoms with Gasteiger partial charge in [-0.3, -0.25) is 10.1 Å². The van der Waals surface area contributed by atoms with Gasteiger partial charge in [-0.2, -0.15) is 4.39 Å². The number of hydrogen-bond donors (Lipinski definition) is 1. The number of aromatic nitrogens is 1. The van der Waals surface area contributed by atoms with Crippen molar-refractivity contribution >= 4 is 27.0 Å². The van der Waals surface area contributed by atoms with Gasteiger partial charge < -0.3 is 0 Å². The van der Waals surface area contributed by atoms with Gasteiger partial charge in [0.15, 0.2) is 4.90 Å². The van der Waals surface area contributed by atoms with Gasteiger partial charge in [0.05, 0.1) is 9.93 Å². The Bertz CT molecular complexity index is 789. The van der Waals surface area contributed by atoms with E-state index in [0.717, 1.165) is 23.2 Å². The van der Waals surface area contributed by atoms with Gasteiger partial charge in [0.25, 0.3) is 0 Å². The van der Waals surface area contributed by atoms with Crippen molar-refractivity contribution in [3.05, 3.63) is 50.2 Å². The molecule has 21 heavy (non-hydrogen) atoms. The van der Waals surface area contributed by atoms with Gasteiger partial charge in [-0.1, -0.05) is 6.07 Å². The molecule has 7 nitrogen and oxygen atoms in total. The van der Waals surface area contributed by atoms with Crippen molar-refractivity contribution < 1.29 is 17.7 Å². The molecule has 0 atom stereocenters. The van der Waals surface area contributed by atoms with Crippen LogP contribution >= 0.6 is 11.3 Å². The van der Waals surface area contributed by atoms with Crippen LogP contribution in [0.2, 0.25) is 0 Å². The zero-order chi connectivity index (χ0) is 15.6. The Hall–Kier alpha value is -1.91. The van der Waals surface area contributed by atoms with Gasteiger partial charge in [-0.05, 0) is 19.1 Å². The smallest absolute Gasteiger partial charge is 0.258 e. The van der Waals surface area contributed by atoms with Crippen molar-refractivity contribution in [2.45, 2.75) is 18.4 Å². The number of nitrogens with one attached hydrogen (secondary N) is 1. The number of nitro benzene ring substituents is 1. The molecule has 2 aromatic rings. The minimum Gasteiger partial charge on any atom is -0.258 e. The van der Waals surface area contributed by atoms with Crippen molar-refractivity contribution in [3.63, 3.8) is 0 Å². The van der Waals surface area contributed by atoms with Gasteiger partial charge in [0.1, 0.15) is 0 Å². The number of benzene rings is 1. The second-order valence-corrected chi connectivity index (χ2v) is 7.07. The van der Waals surface area contributed by atoms with E-state index in [-0.39, 0.29) is 6.54 Å². The lowest BCUT2D eigenvalue weighted by atomic mass is 10.3. The lowest BCUT2D eigenvalue weighted by Crippen LogP contribution is -2.24. The third kappa shape index (κ3) is 3.40. The predicted molar refractivity (Wildman–Crippen MR) is 73.9 cm³/mol. The van der Waals surface area contributed by atoms with Crippen LogP contribution in [-0.4, -0.2) is 18.3 Å². The first kappa shape index (κ1) is 15.5. The average Bonchev–Trinajstić information content (AvgIpc) is 2.82. The summed E-state index contributed by atoms with van der Waals surface area (Å²) in [5.74, 6) is -1.20. The van der Waals surface area contributed by atoms with Crippen LogP contribution in [0.5, 0.6) is 0 Å². The van der Waals surface area contributed by atoms with Crippen molar-refractivity contribution in [1.82, 2.24) is 9.71 Å². The minimum absolute atomic E-state index is 0.0679. The van der Waals surface area contributed by atoms with E-state index in [4.69, 9.17) is 0 Å². The number of nitro groups is 1. The number of hydrogen-bond acceptors (Lipinski definition) is 6. The summed E-state index contributed by atoms with van der Waals surface area (Å²) in [6.45, 7) is 1.70. The molecule has 0 saturated carbocycles. The van der Waals surface area contributed by atoms with E-state index in [0.29, 0.717) is 4.88 Å². The standard InChI is InChI=1S/C11H10FN3O4S2/c1-7-13-5-8(20-7)6-14-21(18,19)10-4-2-3-9(12)11(10)15(16)17/h2-5,14H,6H2,1H3. The fourth-order valence-electron chi connectivity index (χ4n) is 1.62.